The highest BCUT2D eigenvalue weighted by atomic mass is 19.1. The number of halogens is 2. The zero-order chi connectivity index (χ0) is 17.1. The van der Waals surface area contributed by atoms with Gasteiger partial charge in [-0.15, -0.1) is 0 Å². The van der Waals surface area contributed by atoms with Gasteiger partial charge in [0.25, 0.3) is 0 Å². The second-order valence-corrected chi connectivity index (χ2v) is 6.22. The van der Waals surface area contributed by atoms with Crippen molar-refractivity contribution in [2.75, 3.05) is 39.4 Å². The van der Waals surface area contributed by atoms with Crippen molar-refractivity contribution in [3.05, 3.63) is 35.4 Å². The van der Waals surface area contributed by atoms with E-state index in [2.05, 4.69) is 4.90 Å². The van der Waals surface area contributed by atoms with Crippen LogP contribution in [-0.4, -0.2) is 61.0 Å². The lowest BCUT2D eigenvalue weighted by Gasteiger charge is -2.28. The number of hydrogen-bond acceptors (Lipinski definition) is 4. The molecule has 0 radical (unpaired) electrons. The van der Waals surface area contributed by atoms with Crippen LogP contribution in [0.25, 0.3) is 0 Å². The number of carbonyl (C=O) groups excluding carboxylic acids is 2. The van der Waals surface area contributed by atoms with E-state index in [1.54, 1.807) is 0 Å². The van der Waals surface area contributed by atoms with E-state index in [1.807, 2.05) is 0 Å². The summed E-state index contributed by atoms with van der Waals surface area (Å²) in [4.78, 5) is 28.0. The first-order valence-electron chi connectivity index (χ1n) is 8.12. The maximum Gasteiger partial charge on any atom is 0.233 e. The van der Waals surface area contributed by atoms with Gasteiger partial charge in [0.2, 0.25) is 11.8 Å². The van der Waals surface area contributed by atoms with Gasteiger partial charge in [-0.3, -0.25) is 19.4 Å². The average molecular weight is 338 g/mol. The topological polar surface area (TPSA) is 49.9 Å². The average Bonchev–Trinajstić information content (AvgIpc) is 2.79. The number of hydrogen-bond donors (Lipinski definition) is 0. The SMILES string of the molecule is O=C1CC(Cc2cc(F)cc(F)c2)C(=O)N1CCN1CCOCC1. The first-order chi connectivity index (χ1) is 11.5. The molecule has 2 fully saturated rings. The highest BCUT2D eigenvalue weighted by Gasteiger charge is 2.38. The maximum atomic E-state index is 13.3. The molecule has 0 aromatic heterocycles. The smallest absolute Gasteiger partial charge is 0.233 e. The summed E-state index contributed by atoms with van der Waals surface area (Å²) in [7, 11) is 0. The van der Waals surface area contributed by atoms with Crippen molar-refractivity contribution >= 4 is 11.8 Å². The Morgan fingerprint density at radius 3 is 2.38 bits per heavy atom. The largest absolute Gasteiger partial charge is 0.379 e. The molecule has 1 aromatic carbocycles. The van der Waals surface area contributed by atoms with Gasteiger partial charge < -0.3 is 4.74 Å². The minimum absolute atomic E-state index is 0.0973. The molecule has 2 aliphatic heterocycles. The maximum absolute atomic E-state index is 13.3. The van der Waals surface area contributed by atoms with Gasteiger partial charge in [-0.05, 0) is 24.1 Å². The molecule has 0 bridgehead atoms. The zero-order valence-electron chi connectivity index (χ0n) is 13.3. The number of rotatable bonds is 5. The molecule has 1 aromatic rings. The first-order valence-corrected chi connectivity index (χ1v) is 8.12. The lowest BCUT2D eigenvalue weighted by atomic mass is 9.98. The van der Waals surface area contributed by atoms with Crippen LogP contribution in [0, 0.1) is 17.6 Å². The third-order valence-corrected chi connectivity index (χ3v) is 4.49. The molecule has 1 unspecified atom stereocenters. The van der Waals surface area contributed by atoms with Gasteiger partial charge in [-0.2, -0.15) is 0 Å². The van der Waals surface area contributed by atoms with E-state index in [0.717, 1.165) is 19.2 Å². The van der Waals surface area contributed by atoms with Crippen LogP contribution in [-0.2, 0) is 20.7 Å². The van der Waals surface area contributed by atoms with E-state index in [1.165, 1.54) is 17.0 Å². The number of amides is 2. The normalized spacial score (nSPS) is 22.4. The molecule has 5 nitrogen and oxygen atoms in total. The Labute approximate surface area is 139 Å². The summed E-state index contributed by atoms with van der Waals surface area (Å²) in [6, 6.07) is 3.20. The molecular formula is C17H20F2N2O3. The van der Waals surface area contributed by atoms with Gasteiger partial charge in [0.05, 0.1) is 19.1 Å². The number of likely N-dealkylation sites (tertiary alicyclic amines) is 1. The molecule has 2 aliphatic rings. The minimum Gasteiger partial charge on any atom is -0.379 e. The quantitative estimate of drug-likeness (QED) is 0.758. The first kappa shape index (κ1) is 17.0. The molecule has 2 amide bonds. The fraction of sp³-hybridized carbons (Fsp3) is 0.529. The van der Waals surface area contributed by atoms with Crippen LogP contribution in [0.3, 0.4) is 0 Å². The summed E-state index contributed by atoms with van der Waals surface area (Å²) in [6.45, 7) is 3.89. The van der Waals surface area contributed by atoms with Crippen molar-refractivity contribution in [2.45, 2.75) is 12.8 Å². The molecule has 7 heteroatoms. The van der Waals surface area contributed by atoms with Crippen LogP contribution in [0.15, 0.2) is 18.2 Å². The Bertz CT molecular complexity index is 612. The van der Waals surface area contributed by atoms with Crippen molar-refractivity contribution in [1.29, 1.82) is 0 Å². The van der Waals surface area contributed by atoms with Gasteiger partial charge in [0.15, 0.2) is 0 Å². The van der Waals surface area contributed by atoms with Gasteiger partial charge in [-0.1, -0.05) is 0 Å². The molecule has 130 valence electrons. The summed E-state index contributed by atoms with van der Waals surface area (Å²) < 4.78 is 31.8. The second kappa shape index (κ2) is 7.36. The third-order valence-electron chi connectivity index (χ3n) is 4.49. The highest BCUT2D eigenvalue weighted by molar-refractivity contribution is 6.03. The molecule has 24 heavy (non-hydrogen) atoms. The molecule has 2 saturated heterocycles. The van der Waals surface area contributed by atoms with Gasteiger partial charge >= 0.3 is 0 Å². The van der Waals surface area contributed by atoms with Crippen molar-refractivity contribution in [3.63, 3.8) is 0 Å². The second-order valence-electron chi connectivity index (χ2n) is 6.22. The number of imide groups is 1. The standard InChI is InChI=1S/C17H20F2N2O3/c18-14-8-12(9-15(19)11-14)7-13-10-16(22)21(17(13)23)2-1-20-3-5-24-6-4-20/h8-9,11,13H,1-7,10H2. The predicted octanol–water partition coefficient (Wildman–Crippen LogP) is 1.21. The van der Waals surface area contributed by atoms with Gasteiger partial charge in [-0.25, -0.2) is 8.78 Å². The predicted molar refractivity (Wildman–Crippen MR) is 82.1 cm³/mol. The molecule has 3 rings (SSSR count). The number of carbonyl (C=O) groups is 2. The van der Waals surface area contributed by atoms with Crippen LogP contribution in [0.2, 0.25) is 0 Å². The molecule has 2 heterocycles. The van der Waals surface area contributed by atoms with E-state index >= 15 is 0 Å². The van der Waals surface area contributed by atoms with Crippen LogP contribution in [0.4, 0.5) is 8.78 Å². The number of nitrogens with zero attached hydrogens (tertiary/aromatic N) is 2. The van der Waals surface area contributed by atoms with Crippen molar-refractivity contribution in [2.24, 2.45) is 5.92 Å². The molecule has 0 saturated carbocycles. The Morgan fingerprint density at radius 1 is 1.04 bits per heavy atom. The fourth-order valence-electron chi connectivity index (χ4n) is 3.23. The third kappa shape index (κ3) is 3.96. The summed E-state index contributed by atoms with van der Waals surface area (Å²) in [5, 5.41) is 0. The van der Waals surface area contributed by atoms with E-state index in [-0.39, 0.29) is 24.7 Å². The fourth-order valence-corrected chi connectivity index (χ4v) is 3.23. The zero-order valence-corrected chi connectivity index (χ0v) is 13.3. The molecule has 0 N–H and O–H groups in total. The van der Waals surface area contributed by atoms with Crippen LogP contribution in [0.1, 0.15) is 12.0 Å². The monoisotopic (exact) mass is 338 g/mol. The summed E-state index contributed by atoms with van der Waals surface area (Å²) in [6.07, 6.45) is 0.271. The molecule has 0 aliphatic carbocycles. The number of morpholine rings is 1. The highest BCUT2D eigenvalue weighted by Crippen LogP contribution is 2.24. The number of benzene rings is 1. The summed E-state index contributed by atoms with van der Waals surface area (Å²) in [5.74, 6) is -2.35. The Balaban J connectivity index is 1.58. The molecular weight excluding hydrogens is 318 g/mol. The molecule has 1 atom stereocenters. The Morgan fingerprint density at radius 2 is 1.71 bits per heavy atom. The van der Waals surface area contributed by atoms with Crippen LogP contribution >= 0.6 is 0 Å². The lowest BCUT2D eigenvalue weighted by Crippen LogP contribution is -2.43. The van der Waals surface area contributed by atoms with E-state index in [4.69, 9.17) is 4.74 Å². The van der Waals surface area contributed by atoms with Crippen molar-refractivity contribution < 1.29 is 23.1 Å². The van der Waals surface area contributed by atoms with Crippen molar-refractivity contribution in [1.82, 2.24) is 9.80 Å². The van der Waals surface area contributed by atoms with E-state index < -0.39 is 17.6 Å². The summed E-state index contributed by atoms with van der Waals surface area (Å²) >= 11 is 0. The van der Waals surface area contributed by atoms with E-state index in [9.17, 15) is 18.4 Å². The van der Waals surface area contributed by atoms with Crippen molar-refractivity contribution in [3.8, 4) is 0 Å². The Hall–Kier alpha value is -1.86. The Kier molecular flexibility index (Phi) is 5.20. The van der Waals surface area contributed by atoms with Crippen LogP contribution < -0.4 is 0 Å². The van der Waals surface area contributed by atoms with Gasteiger partial charge in [0, 0.05) is 38.7 Å². The number of ether oxygens (including phenoxy) is 1. The van der Waals surface area contributed by atoms with Gasteiger partial charge in [0.1, 0.15) is 11.6 Å². The van der Waals surface area contributed by atoms with E-state index in [0.29, 0.717) is 31.9 Å². The summed E-state index contributed by atoms with van der Waals surface area (Å²) in [5.41, 5.74) is 0.397. The van der Waals surface area contributed by atoms with Crippen LogP contribution in [0.5, 0.6) is 0 Å². The minimum atomic E-state index is -0.675. The lowest BCUT2D eigenvalue weighted by molar-refractivity contribution is -0.139. The molecule has 0 spiro atoms.